The van der Waals surface area contributed by atoms with Crippen molar-refractivity contribution in [3.05, 3.63) is 36.2 Å². The van der Waals surface area contributed by atoms with Gasteiger partial charge < -0.3 is 5.73 Å². The van der Waals surface area contributed by atoms with Gasteiger partial charge in [-0.15, -0.1) is 0 Å². The number of nitrogens with two attached hydrogens (primary N) is 1. The van der Waals surface area contributed by atoms with E-state index in [-0.39, 0.29) is 0 Å². The molecule has 3 heterocycles. The van der Waals surface area contributed by atoms with E-state index in [0.717, 1.165) is 35.7 Å². The zero-order chi connectivity index (χ0) is 13.4. The van der Waals surface area contributed by atoms with Gasteiger partial charge in [0.05, 0.1) is 5.69 Å². The molecule has 0 radical (unpaired) electrons. The summed E-state index contributed by atoms with van der Waals surface area (Å²) in [5, 5.41) is 4.33. The number of nitrogen functional groups attached to an aromatic ring is 1. The highest BCUT2D eigenvalue weighted by Gasteiger charge is 2.15. The van der Waals surface area contributed by atoms with E-state index in [1.807, 2.05) is 40.3 Å². The van der Waals surface area contributed by atoms with Crippen molar-refractivity contribution in [2.24, 2.45) is 0 Å². The van der Waals surface area contributed by atoms with Gasteiger partial charge in [-0.3, -0.25) is 9.08 Å². The fourth-order valence-corrected chi connectivity index (χ4v) is 2.39. The predicted molar refractivity (Wildman–Crippen MR) is 75.9 cm³/mol. The summed E-state index contributed by atoms with van der Waals surface area (Å²) in [7, 11) is 0. The van der Waals surface area contributed by atoms with E-state index in [4.69, 9.17) is 5.73 Å². The fourth-order valence-electron chi connectivity index (χ4n) is 2.39. The van der Waals surface area contributed by atoms with Crippen LogP contribution in [0, 0.1) is 6.92 Å². The molecule has 0 bridgehead atoms. The lowest BCUT2D eigenvalue weighted by atomic mass is 10.3. The van der Waals surface area contributed by atoms with Gasteiger partial charge in [-0.1, -0.05) is 13.0 Å². The molecule has 0 amide bonds. The standard InChI is InChI=1S/C14H17N5/c1-3-9-18-11(7-8-16-18)13-14(15)19-10(2)5-4-6-12(19)17-13/h4-8H,3,9,15H2,1-2H3. The van der Waals surface area contributed by atoms with Crippen LogP contribution >= 0.6 is 0 Å². The first-order valence-electron chi connectivity index (χ1n) is 6.48. The molecule has 0 saturated carbocycles. The number of aromatic nitrogens is 4. The van der Waals surface area contributed by atoms with Crippen molar-refractivity contribution in [3.63, 3.8) is 0 Å². The third-order valence-electron chi connectivity index (χ3n) is 3.27. The summed E-state index contributed by atoms with van der Waals surface area (Å²) in [6.45, 7) is 5.02. The quantitative estimate of drug-likeness (QED) is 0.782. The second-order valence-corrected chi connectivity index (χ2v) is 4.65. The maximum absolute atomic E-state index is 6.26. The number of anilines is 1. The van der Waals surface area contributed by atoms with Gasteiger partial charge in [-0.25, -0.2) is 4.98 Å². The van der Waals surface area contributed by atoms with Crippen LogP contribution in [-0.4, -0.2) is 19.2 Å². The van der Waals surface area contributed by atoms with Crippen molar-refractivity contribution in [1.82, 2.24) is 19.2 Å². The molecule has 5 nitrogen and oxygen atoms in total. The Morgan fingerprint density at radius 1 is 1.26 bits per heavy atom. The Morgan fingerprint density at radius 2 is 2.11 bits per heavy atom. The van der Waals surface area contributed by atoms with Gasteiger partial charge in [-0.05, 0) is 31.5 Å². The minimum absolute atomic E-state index is 0.672. The van der Waals surface area contributed by atoms with Crippen LogP contribution in [0.1, 0.15) is 19.0 Å². The molecule has 3 aromatic rings. The molecular weight excluding hydrogens is 238 g/mol. The Morgan fingerprint density at radius 3 is 2.84 bits per heavy atom. The van der Waals surface area contributed by atoms with Crippen molar-refractivity contribution in [1.29, 1.82) is 0 Å². The Bertz CT molecular complexity index is 723. The first-order chi connectivity index (χ1) is 9.22. The summed E-state index contributed by atoms with van der Waals surface area (Å²) in [5.74, 6) is 0.672. The van der Waals surface area contributed by atoms with Crippen molar-refractivity contribution < 1.29 is 0 Å². The van der Waals surface area contributed by atoms with Crippen LogP contribution in [-0.2, 0) is 6.54 Å². The molecule has 0 aliphatic rings. The predicted octanol–water partition coefficient (Wildman–Crippen LogP) is 2.50. The van der Waals surface area contributed by atoms with E-state index in [2.05, 4.69) is 17.0 Å². The summed E-state index contributed by atoms with van der Waals surface area (Å²) >= 11 is 0. The molecule has 3 rings (SSSR count). The highest BCUT2D eigenvalue weighted by atomic mass is 15.3. The molecule has 0 aliphatic heterocycles. The van der Waals surface area contributed by atoms with Gasteiger partial charge >= 0.3 is 0 Å². The number of pyridine rings is 1. The lowest BCUT2D eigenvalue weighted by molar-refractivity contribution is 0.608. The molecule has 0 fully saturated rings. The minimum atomic E-state index is 0.672. The monoisotopic (exact) mass is 255 g/mol. The molecule has 0 aromatic carbocycles. The molecule has 0 aliphatic carbocycles. The van der Waals surface area contributed by atoms with Crippen LogP contribution in [0.3, 0.4) is 0 Å². The van der Waals surface area contributed by atoms with Gasteiger partial charge in [-0.2, -0.15) is 5.10 Å². The Kier molecular flexibility index (Phi) is 2.74. The lowest BCUT2D eigenvalue weighted by Crippen LogP contribution is -2.03. The van der Waals surface area contributed by atoms with E-state index < -0.39 is 0 Å². The molecule has 0 spiro atoms. The van der Waals surface area contributed by atoms with Crippen LogP contribution in [0.25, 0.3) is 17.0 Å². The highest BCUT2D eigenvalue weighted by molar-refractivity contribution is 5.73. The average Bonchev–Trinajstić information content (AvgIpc) is 2.96. The zero-order valence-electron chi connectivity index (χ0n) is 11.2. The van der Waals surface area contributed by atoms with Gasteiger partial charge in [0, 0.05) is 18.4 Å². The Hall–Kier alpha value is -2.30. The van der Waals surface area contributed by atoms with E-state index in [1.54, 1.807) is 6.20 Å². The summed E-state index contributed by atoms with van der Waals surface area (Å²) in [6.07, 6.45) is 2.82. The van der Waals surface area contributed by atoms with Gasteiger partial charge in [0.2, 0.25) is 0 Å². The van der Waals surface area contributed by atoms with Crippen molar-refractivity contribution in [2.45, 2.75) is 26.8 Å². The van der Waals surface area contributed by atoms with Crippen molar-refractivity contribution >= 4 is 11.5 Å². The molecule has 98 valence electrons. The van der Waals surface area contributed by atoms with E-state index >= 15 is 0 Å². The fraction of sp³-hybridized carbons (Fsp3) is 0.286. The summed E-state index contributed by atoms with van der Waals surface area (Å²) < 4.78 is 3.92. The van der Waals surface area contributed by atoms with E-state index in [9.17, 15) is 0 Å². The third kappa shape index (κ3) is 1.78. The van der Waals surface area contributed by atoms with Crippen LogP contribution in [0.4, 0.5) is 5.82 Å². The molecule has 5 heteroatoms. The van der Waals surface area contributed by atoms with Gasteiger partial charge in [0.25, 0.3) is 0 Å². The first kappa shape index (κ1) is 11.8. The smallest absolute Gasteiger partial charge is 0.139 e. The van der Waals surface area contributed by atoms with Crippen LogP contribution in [0.5, 0.6) is 0 Å². The average molecular weight is 255 g/mol. The van der Waals surface area contributed by atoms with Crippen LogP contribution in [0.2, 0.25) is 0 Å². The molecule has 19 heavy (non-hydrogen) atoms. The minimum Gasteiger partial charge on any atom is -0.383 e. The number of imidazole rings is 1. The van der Waals surface area contributed by atoms with E-state index in [1.165, 1.54) is 0 Å². The summed E-state index contributed by atoms with van der Waals surface area (Å²) in [6, 6.07) is 7.94. The number of rotatable bonds is 3. The molecular formula is C14H17N5. The lowest BCUT2D eigenvalue weighted by Gasteiger charge is -2.05. The second kappa shape index (κ2) is 4.42. The number of hydrogen-bond donors (Lipinski definition) is 1. The van der Waals surface area contributed by atoms with Crippen molar-refractivity contribution in [3.8, 4) is 11.4 Å². The van der Waals surface area contributed by atoms with E-state index in [0.29, 0.717) is 5.82 Å². The molecule has 3 aromatic heterocycles. The van der Waals surface area contributed by atoms with Crippen LogP contribution in [0.15, 0.2) is 30.5 Å². The largest absolute Gasteiger partial charge is 0.383 e. The molecule has 2 N–H and O–H groups in total. The maximum atomic E-state index is 6.26. The van der Waals surface area contributed by atoms with Crippen LogP contribution < -0.4 is 5.73 Å². The SMILES string of the molecule is CCCn1nccc1-c1nc2cccc(C)n2c1N. The highest BCUT2D eigenvalue weighted by Crippen LogP contribution is 2.27. The topological polar surface area (TPSA) is 61.1 Å². The van der Waals surface area contributed by atoms with Crippen molar-refractivity contribution in [2.75, 3.05) is 5.73 Å². The third-order valence-corrected chi connectivity index (χ3v) is 3.27. The number of aryl methyl sites for hydroxylation is 2. The Balaban J connectivity index is 2.23. The first-order valence-corrected chi connectivity index (χ1v) is 6.48. The second-order valence-electron chi connectivity index (χ2n) is 4.65. The molecule has 0 unspecified atom stereocenters. The summed E-state index contributed by atoms with van der Waals surface area (Å²) in [4.78, 5) is 4.64. The number of hydrogen-bond acceptors (Lipinski definition) is 3. The maximum Gasteiger partial charge on any atom is 0.139 e. The molecule has 0 atom stereocenters. The Labute approximate surface area is 111 Å². The summed E-state index contributed by atoms with van der Waals surface area (Å²) in [5.41, 5.74) is 9.99. The normalized spacial score (nSPS) is 11.3. The molecule has 0 saturated heterocycles. The van der Waals surface area contributed by atoms with Gasteiger partial charge in [0.1, 0.15) is 17.2 Å². The number of fused-ring (bicyclic) bond motifs is 1. The van der Waals surface area contributed by atoms with Gasteiger partial charge in [0.15, 0.2) is 0 Å². The zero-order valence-corrected chi connectivity index (χ0v) is 11.2. The number of nitrogens with zero attached hydrogens (tertiary/aromatic N) is 4.